The second-order valence-corrected chi connectivity index (χ2v) is 5.08. The predicted octanol–water partition coefficient (Wildman–Crippen LogP) is 2.17. The summed E-state index contributed by atoms with van der Waals surface area (Å²) in [5.41, 5.74) is 1.30. The van der Waals surface area contributed by atoms with Gasteiger partial charge in [-0.15, -0.1) is 0 Å². The van der Waals surface area contributed by atoms with E-state index in [4.69, 9.17) is 0 Å². The van der Waals surface area contributed by atoms with Gasteiger partial charge < -0.3 is 10.2 Å². The van der Waals surface area contributed by atoms with Crippen molar-refractivity contribution in [2.75, 3.05) is 25.0 Å². The van der Waals surface area contributed by atoms with Crippen molar-refractivity contribution in [1.82, 2.24) is 5.32 Å². The molecule has 5 nitrogen and oxygen atoms in total. The average Bonchev–Trinajstić information content (AvgIpc) is 2.39. The van der Waals surface area contributed by atoms with Gasteiger partial charge in [0.15, 0.2) is 0 Å². The van der Waals surface area contributed by atoms with Gasteiger partial charge in [0.1, 0.15) is 0 Å². The van der Waals surface area contributed by atoms with Gasteiger partial charge >= 0.3 is 0 Å². The van der Waals surface area contributed by atoms with Crippen LogP contribution in [0.25, 0.3) is 0 Å². The molecule has 1 N–H and O–H groups in total. The van der Waals surface area contributed by atoms with Gasteiger partial charge in [-0.3, -0.25) is 10.1 Å². The lowest BCUT2D eigenvalue weighted by atomic mass is 9.88. The summed E-state index contributed by atoms with van der Waals surface area (Å²) >= 11 is 0. The highest BCUT2D eigenvalue weighted by atomic mass is 16.6. The third kappa shape index (κ3) is 2.46. The van der Waals surface area contributed by atoms with Crippen molar-refractivity contribution >= 4 is 11.4 Å². The van der Waals surface area contributed by atoms with Gasteiger partial charge in [-0.1, -0.05) is 0 Å². The highest BCUT2D eigenvalue weighted by molar-refractivity contribution is 5.52. The van der Waals surface area contributed by atoms with Gasteiger partial charge in [0.2, 0.25) is 0 Å². The van der Waals surface area contributed by atoms with Crippen LogP contribution in [0.5, 0.6) is 0 Å². The maximum Gasteiger partial charge on any atom is 0.269 e. The Morgan fingerprint density at radius 3 is 2.33 bits per heavy atom. The van der Waals surface area contributed by atoms with E-state index in [0.29, 0.717) is 0 Å². The smallest absolute Gasteiger partial charge is 0.269 e. The lowest BCUT2D eigenvalue weighted by Gasteiger charge is -2.43. The molecule has 0 saturated carbocycles. The molecule has 1 aliphatic rings. The van der Waals surface area contributed by atoms with Crippen LogP contribution in [-0.2, 0) is 0 Å². The summed E-state index contributed by atoms with van der Waals surface area (Å²) in [6.45, 7) is 4.29. The Kier molecular flexibility index (Phi) is 3.52. The van der Waals surface area contributed by atoms with Crippen molar-refractivity contribution in [2.24, 2.45) is 0 Å². The van der Waals surface area contributed by atoms with Crippen molar-refractivity contribution in [3.05, 3.63) is 34.4 Å². The third-order valence-corrected chi connectivity index (χ3v) is 3.94. The lowest BCUT2D eigenvalue weighted by Crippen LogP contribution is -2.51. The van der Waals surface area contributed by atoms with Crippen LogP contribution in [0.15, 0.2) is 24.3 Å². The van der Waals surface area contributed by atoms with Gasteiger partial charge in [0, 0.05) is 30.4 Å². The zero-order valence-corrected chi connectivity index (χ0v) is 10.8. The molecule has 0 spiro atoms. The fraction of sp³-hybridized carbons (Fsp3) is 0.538. The number of benzene rings is 1. The van der Waals surface area contributed by atoms with Crippen molar-refractivity contribution in [3.8, 4) is 0 Å². The fourth-order valence-electron chi connectivity index (χ4n) is 2.41. The topological polar surface area (TPSA) is 58.4 Å². The van der Waals surface area contributed by atoms with E-state index in [2.05, 4.69) is 24.2 Å². The van der Waals surface area contributed by atoms with Gasteiger partial charge in [-0.05, 0) is 45.0 Å². The molecule has 1 aromatic rings. The summed E-state index contributed by atoms with van der Waals surface area (Å²) < 4.78 is 0. The SMILES string of the molecule is CN(c1ccc([N+](=O)[O-])cc1)C1(C)CCNCC1. The minimum absolute atomic E-state index is 0.126. The molecule has 1 aromatic carbocycles. The van der Waals surface area contributed by atoms with E-state index >= 15 is 0 Å². The summed E-state index contributed by atoms with van der Waals surface area (Å²) in [7, 11) is 2.06. The predicted molar refractivity (Wildman–Crippen MR) is 72.0 cm³/mol. The first-order chi connectivity index (χ1) is 8.53. The number of nitrogens with one attached hydrogen (secondary N) is 1. The first kappa shape index (κ1) is 12.8. The van der Waals surface area contributed by atoms with Gasteiger partial charge in [-0.25, -0.2) is 0 Å². The van der Waals surface area contributed by atoms with E-state index in [1.807, 2.05) is 12.1 Å². The second-order valence-electron chi connectivity index (χ2n) is 5.08. The number of nitro groups is 1. The van der Waals surface area contributed by atoms with Crippen LogP contribution in [0.3, 0.4) is 0 Å². The molecule has 0 radical (unpaired) electrons. The van der Waals surface area contributed by atoms with Crippen molar-refractivity contribution in [1.29, 1.82) is 0 Å². The molecule has 0 unspecified atom stereocenters. The van der Waals surface area contributed by atoms with E-state index in [9.17, 15) is 10.1 Å². The van der Waals surface area contributed by atoms with Gasteiger partial charge in [-0.2, -0.15) is 0 Å². The normalized spacial score (nSPS) is 18.3. The molecule has 0 amide bonds. The quantitative estimate of drug-likeness (QED) is 0.659. The van der Waals surface area contributed by atoms with Gasteiger partial charge in [0.05, 0.1) is 4.92 Å². The minimum atomic E-state index is -0.365. The Hall–Kier alpha value is -1.62. The third-order valence-electron chi connectivity index (χ3n) is 3.94. The average molecular weight is 249 g/mol. The molecule has 0 aromatic heterocycles. The summed E-state index contributed by atoms with van der Waals surface area (Å²) in [6, 6.07) is 6.78. The first-order valence-corrected chi connectivity index (χ1v) is 6.22. The molecule has 0 bridgehead atoms. The number of rotatable bonds is 3. The number of nitro benzene ring substituents is 1. The molecular formula is C13H19N3O2. The Balaban J connectivity index is 2.17. The van der Waals surface area contributed by atoms with Crippen LogP contribution in [0, 0.1) is 10.1 Å². The molecule has 1 aliphatic heterocycles. The number of hydrogen-bond acceptors (Lipinski definition) is 4. The van der Waals surface area contributed by atoms with E-state index in [1.54, 1.807) is 12.1 Å². The maximum absolute atomic E-state index is 10.6. The maximum atomic E-state index is 10.6. The summed E-state index contributed by atoms with van der Waals surface area (Å²) in [5.74, 6) is 0. The van der Waals surface area contributed by atoms with Crippen LogP contribution in [-0.4, -0.2) is 30.6 Å². The van der Waals surface area contributed by atoms with E-state index in [0.717, 1.165) is 31.6 Å². The first-order valence-electron chi connectivity index (χ1n) is 6.22. The van der Waals surface area contributed by atoms with E-state index in [-0.39, 0.29) is 16.1 Å². The van der Waals surface area contributed by atoms with Crippen LogP contribution in [0.1, 0.15) is 19.8 Å². The summed E-state index contributed by atoms with van der Waals surface area (Å²) in [5, 5.41) is 14.0. The second kappa shape index (κ2) is 4.94. The van der Waals surface area contributed by atoms with Crippen molar-refractivity contribution in [3.63, 3.8) is 0 Å². The standard InChI is InChI=1S/C13H19N3O2/c1-13(7-9-14-10-8-13)15(2)11-3-5-12(6-4-11)16(17)18/h3-6,14H,7-10H2,1-2H3. The summed E-state index contributed by atoms with van der Waals surface area (Å²) in [6.07, 6.45) is 2.17. The molecular weight excluding hydrogens is 230 g/mol. The van der Waals surface area contributed by atoms with Crippen molar-refractivity contribution < 1.29 is 4.92 Å². The highest BCUT2D eigenvalue weighted by Gasteiger charge is 2.31. The minimum Gasteiger partial charge on any atom is -0.369 e. The molecule has 98 valence electrons. The molecule has 1 heterocycles. The molecule has 2 rings (SSSR count). The zero-order valence-electron chi connectivity index (χ0n) is 10.8. The molecule has 0 atom stereocenters. The Labute approximate surface area is 107 Å². The number of non-ortho nitro benzene ring substituents is 1. The number of hydrogen-bond donors (Lipinski definition) is 1. The van der Waals surface area contributed by atoms with Crippen molar-refractivity contribution in [2.45, 2.75) is 25.3 Å². The van der Waals surface area contributed by atoms with Crippen LogP contribution >= 0.6 is 0 Å². The Bertz CT molecular complexity index is 424. The summed E-state index contributed by atoms with van der Waals surface area (Å²) in [4.78, 5) is 12.5. The lowest BCUT2D eigenvalue weighted by molar-refractivity contribution is -0.384. The monoisotopic (exact) mass is 249 g/mol. The number of anilines is 1. The largest absolute Gasteiger partial charge is 0.369 e. The molecule has 1 saturated heterocycles. The molecule has 5 heteroatoms. The Morgan fingerprint density at radius 1 is 1.28 bits per heavy atom. The number of piperidine rings is 1. The molecule has 0 aliphatic carbocycles. The highest BCUT2D eigenvalue weighted by Crippen LogP contribution is 2.30. The van der Waals surface area contributed by atoms with E-state index in [1.165, 1.54) is 0 Å². The van der Waals surface area contributed by atoms with Crippen LogP contribution in [0.4, 0.5) is 11.4 Å². The Morgan fingerprint density at radius 2 is 1.83 bits per heavy atom. The van der Waals surface area contributed by atoms with Crippen LogP contribution < -0.4 is 10.2 Å². The van der Waals surface area contributed by atoms with E-state index < -0.39 is 0 Å². The van der Waals surface area contributed by atoms with Gasteiger partial charge in [0.25, 0.3) is 5.69 Å². The molecule has 18 heavy (non-hydrogen) atoms. The number of nitrogens with zero attached hydrogens (tertiary/aromatic N) is 2. The zero-order chi connectivity index (χ0) is 13.2. The van der Waals surface area contributed by atoms with Crippen LogP contribution in [0.2, 0.25) is 0 Å². The fourth-order valence-corrected chi connectivity index (χ4v) is 2.41. The molecule has 1 fully saturated rings.